The van der Waals surface area contributed by atoms with Crippen molar-refractivity contribution in [2.24, 2.45) is 0 Å². The molecule has 0 saturated carbocycles. The topological polar surface area (TPSA) is 52.6 Å². The van der Waals surface area contributed by atoms with E-state index in [1.54, 1.807) is 0 Å². The number of nitrogens with one attached hydrogen (secondary N) is 1. The zero-order valence-electron chi connectivity index (χ0n) is 6.99. The van der Waals surface area contributed by atoms with Gasteiger partial charge in [0.2, 0.25) is 0 Å². The monoisotopic (exact) mass is 170 g/mol. The molecular weight excluding hydrogens is 156 g/mol. The molecule has 2 aliphatic heterocycles. The molecule has 0 radical (unpaired) electrons. The van der Waals surface area contributed by atoms with Crippen LogP contribution in [-0.4, -0.2) is 47.7 Å². The normalized spacial score (nSPS) is 35.3. The van der Waals surface area contributed by atoms with Gasteiger partial charge in [-0.3, -0.25) is 9.69 Å². The molecule has 2 rings (SSSR count). The number of fused-ring (bicyclic) bond motifs is 2. The summed E-state index contributed by atoms with van der Waals surface area (Å²) in [5.74, 6) is -0.700. The molecule has 0 spiro atoms. The van der Waals surface area contributed by atoms with Crippen LogP contribution in [0.2, 0.25) is 0 Å². The highest BCUT2D eigenvalue weighted by molar-refractivity contribution is 5.69. The maximum absolute atomic E-state index is 10.5. The van der Waals surface area contributed by atoms with E-state index in [2.05, 4.69) is 10.2 Å². The van der Waals surface area contributed by atoms with E-state index in [-0.39, 0.29) is 6.54 Å². The van der Waals surface area contributed by atoms with Crippen molar-refractivity contribution in [3.8, 4) is 0 Å². The van der Waals surface area contributed by atoms with Crippen LogP contribution >= 0.6 is 0 Å². The number of rotatable bonds is 2. The number of carbonyl (C=O) groups is 1. The summed E-state index contributed by atoms with van der Waals surface area (Å²) in [6, 6.07) is 0.944. The number of hydrogen-bond donors (Lipinski definition) is 2. The number of carboxylic acids is 1. The third-order valence-electron chi connectivity index (χ3n) is 2.85. The van der Waals surface area contributed by atoms with Crippen LogP contribution in [0.4, 0.5) is 0 Å². The van der Waals surface area contributed by atoms with Crippen molar-refractivity contribution in [3.05, 3.63) is 0 Å². The van der Waals surface area contributed by atoms with Crippen LogP contribution in [-0.2, 0) is 4.79 Å². The summed E-state index contributed by atoms with van der Waals surface area (Å²) in [6.45, 7) is 2.14. The predicted molar refractivity (Wildman–Crippen MR) is 44.0 cm³/mol. The highest BCUT2D eigenvalue weighted by Gasteiger charge is 2.36. The minimum absolute atomic E-state index is 0.219. The van der Waals surface area contributed by atoms with Gasteiger partial charge in [-0.2, -0.15) is 0 Å². The Balaban J connectivity index is 2.00. The Labute approximate surface area is 71.5 Å². The summed E-state index contributed by atoms with van der Waals surface area (Å²) in [7, 11) is 0. The molecular formula is C8H14N2O2. The van der Waals surface area contributed by atoms with Gasteiger partial charge in [0.15, 0.2) is 0 Å². The molecule has 2 aliphatic rings. The molecule has 12 heavy (non-hydrogen) atoms. The predicted octanol–water partition coefficient (Wildman–Crippen LogP) is -0.493. The van der Waals surface area contributed by atoms with Crippen molar-refractivity contribution in [3.63, 3.8) is 0 Å². The molecule has 2 fully saturated rings. The van der Waals surface area contributed by atoms with Gasteiger partial charge >= 0.3 is 5.97 Å². The Hall–Kier alpha value is -0.610. The minimum Gasteiger partial charge on any atom is -0.480 e. The van der Waals surface area contributed by atoms with E-state index >= 15 is 0 Å². The number of carboxylic acid groups (broad SMARTS) is 1. The first-order chi connectivity index (χ1) is 5.77. The van der Waals surface area contributed by atoms with Gasteiger partial charge in [0.1, 0.15) is 0 Å². The fourth-order valence-corrected chi connectivity index (χ4v) is 2.28. The number of aliphatic carboxylic acids is 1. The first-order valence-electron chi connectivity index (χ1n) is 4.45. The van der Waals surface area contributed by atoms with Crippen molar-refractivity contribution >= 4 is 5.97 Å². The van der Waals surface area contributed by atoms with Crippen molar-refractivity contribution in [2.45, 2.75) is 24.9 Å². The Kier molecular flexibility index (Phi) is 2.02. The summed E-state index contributed by atoms with van der Waals surface area (Å²) >= 11 is 0. The molecule has 2 bridgehead atoms. The lowest BCUT2D eigenvalue weighted by molar-refractivity contribution is -0.139. The second-order valence-electron chi connectivity index (χ2n) is 3.61. The SMILES string of the molecule is O=C(O)CN1C2CCC1CNC2. The molecule has 0 amide bonds. The van der Waals surface area contributed by atoms with Crippen molar-refractivity contribution in [2.75, 3.05) is 19.6 Å². The van der Waals surface area contributed by atoms with E-state index in [1.165, 1.54) is 0 Å². The average molecular weight is 170 g/mol. The molecule has 0 aliphatic carbocycles. The number of hydrogen-bond acceptors (Lipinski definition) is 3. The molecule has 0 aromatic carbocycles. The fourth-order valence-electron chi connectivity index (χ4n) is 2.28. The standard InChI is InChI=1S/C8H14N2O2/c11-8(12)5-10-6-1-2-7(10)4-9-3-6/h6-7,9H,1-5H2,(H,11,12). The van der Waals surface area contributed by atoms with Crippen molar-refractivity contribution < 1.29 is 9.90 Å². The maximum Gasteiger partial charge on any atom is 0.317 e. The Morgan fingerprint density at radius 3 is 2.50 bits per heavy atom. The van der Waals surface area contributed by atoms with Gasteiger partial charge in [-0.15, -0.1) is 0 Å². The van der Waals surface area contributed by atoms with E-state index in [0.29, 0.717) is 12.1 Å². The van der Waals surface area contributed by atoms with Crippen LogP contribution in [0.5, 0.6) is 0 Å². The van der Waals surface area contributed by atoms with Gasteiger partial charge in [-0.05, 0) is 12.8 Å². The zero-order chi connectivity index (χ0) is 8.55. The summed E-state index contributed by atoms with van der Waals surface area (Å²) in [5.41, 5.74) is 0. The van der Waals surface area contributed by atoms with Crippen LogP contribution in [0.15, 0.2) is 0 Å². The van der Waals surface area contributed by atoms with Crippen LogP contribution < -0.4 is 5.32 Å². The molecule has 2 atom stereocenters. The first kappa shape index (κ1) is 8.01. The Morgan fingerprint density at radius 2 is 2.00 bits per heavy atom. The zero-order valence-corrected chi connectivity index (χ0v) is 6.99. The quantitative estimate of drug-likeness (QED) is 0.587. The molecule has 68 valence electrons. The molecule has 4 heteroatoms. The molecule has 4 nitrogen and oxygen atoms in total. The van der Waals surface area contributed by atoms with Gasteiger partial charge < -0.3 is 10.4 Å². The second-order valence-corrected chi connectivity index (χ2v) is 3.61. The first-order valence-corrected chi connectivity index (χ1v) is 4.45. The van der Waals surface area contributed by atoms with Gasteiger partial charge in [0, 0.05) is 25.2 Å². The molecule has 2 saturated heterocycles. The Bertz CT molecular complexity index is 179. The molecule has 0 aromatic heterocycles. The van der Waals surface area contributed by atoms with Gasteiger partial charge in [0.25, 0.3) is 0 Å². The summed E-state index contributed by atoms with van der Waals surface area (Å²) in [6.07, 6.45) is 2.32. The summed E-state index contributed by atoms with van der Waals surface area (Å²) < 4.78 is 0. The molecule has 2 heterocycles. The van der Waals surface area contributed by atoms with Gasteiger partial charge in [-0.1, -0.05) is 0 Å². The lowest BCUT2D eigenvalue weighted by Crippen LogP contribution is -2.53. The molecule has 2 N–H and O–H groups in total. The average Bonchev–Trinajstić information content (AvgIpc) is 2.30. The number of piperazine rings is 1. The van der Waals surface area contributed by atoms with Crippen molar-refractivity contribution in [1.29, 1.82) is 0 Å². The lowest BCUT2D eigenvalue weighted by atomic mass is 10.2. The van der Waals surface area contributed by atoms with Crippen LogP contribution in [0.1, 0.15) is 12.8 Å². The van der Waals surface area contributed by atoms with E-state index in [4.69, 9.17) is 5.11 Å². The van der Waals surface area contributed by atoms with Gasteiger partial charge in [0.05, 0.1) is 6.54 Å². The maximum atomic E-state index is 10.5. The summed E-state index contributed by atoms with van der Waals surface area (Å²) in [5, 5.41) is 12.0. The summed E-state index contributed by atoms with van der Waals surface area (Å²) in [4.78, 5) is 12.6. The van der Waals surface area contributed by atoms with Gasteiger partial charge in [-0.25, -0.2) is 0 Å². The Morgan fingerprint density at radius 1 is 1.42 bits per heavy atom. The lowest BCUT2D eigenvalue weighted by Gasteiger charge is -2.33. The second kappa shape index (κ2) is 3.03. The van der Waals surface area contributed by atoms with E-state index in [1.807, 2.05) is 0 Å². The van der Waals surface area contributed by atoms with E-state index in [9.17, 15) is 4.79 Å². The highest BCUT2D eigenvalue weighted by atomic mass is 16.4. The minimum atomic E-state index is -0.700. The highest BCUT2D eigenvalue weighted by Crippen LogP contribution is 2.25. The van der Waals surface area contributed by atoms with Crippen molar-refractivity contribution in [1.82, 2.24) is 10.2 Å². The third kappa shape index (κ3) is 1.32. The molecule has 0 aromatic rings. The van der Waals surface area contributed by atoms with E-state index < -0.39 is 5.97 Å². The smallest absolute Gasteiger partial charge is 0.317 e. The fraction of sp³-hybridized carbons (Fsp3) is 0.875. The van der Waals surface area contributed by atoms with E-state index in [0.717, 1.165) is 25.9 Å². The molecule has 2 unspecified atom stereocenters. The van der Waals surface area contributed by atoms with Crippen LogP contribution in [0.25, 0.3) is 0 Å². The number of nitrogens with zero attached hydrogens (tertiary/aromatic N) is 1. The largest absolute Gasteiger partial charge is 0.480 e. The van der Waals surface area contributed by atoms with Crippen LogP contribution in [0.3, 0.4) is 0 Å². The van der Waals surface area contributed by atoms with Crippen LogP contribution in [0, 0.1) is 0 Å². The third-order valence-corrected chi connectivity index (χ3v) is 2.85.